The summed E-state index contributed by atoms with van der Waals surface area (Å²) >= 11 is 0. The summed E-state index contributed by atoms with van der Waals surface area (Å²) in [7, 11) is 2.24. The molecule has 0 aromatic heterocycles. The van der Waals surface area contributed by atoms with Gasteiger partial charge in [0, 0.05) is 12.1 Å². The number of alkyl halides is 1. The van der Waals surface area contributed by atoms with E-state index in [1.54, 1.807) is 56.3 Å². The van der Waals surface area contributed by atoms with E-state index in [-0.39, 0.29) is 12.2 Å². The fourth-order valence-corrected chi connectivity index (χ4v) is 4.29. The van der Waals surface area contributed by atoms with Gasteiger partial charge in [-0.15, -0.1) is 0 Å². The van der Waals surface area contributed by atoms with Crippen molar-refractivity contribution in [1.82, 2.24) is 16.0 Å². The Kier molecular flexibility index (Phi) is 13.9. The molecule has 0 saturated carbocycles. The van der Waals surface area contributed by atoms with Crippen LogP contribution in [0.25, 0.3) is 0 Å². The van der Waals surface area contributed by atoms with E-state index in [4.69, 9.17) is 4.74 Å². The Morgan fingerprint density at radius 2 is 1.44 bits per heavy atom. The third kappa shape index (κ3) is 10.6. The molecule has 0 heterocycles. The number of esters is 1. The highest BCUT2D eigenvalue weighted by Gasteiger charge is 2.36. The van der Waals surface area contributed by atoms with Gasteiger partial charge in [-0.25, -0.2) is 9.18 Å². The molecule has 4 atom stereocenters. The molecule has 2 rings (SSSR count). The molecule has 0 fully saturated rings. The van der Waals surface area contributed by atoms with Crippen LogP contribution in [0.4, 0.5) is 14.9 Å². The first-order valence-electron chi connectivity index (χ1n) is 14.1. The second kappa shape index (κ2) is 17.3. The topological polar surface area (TPSA) is 180 Å². The van der Waals surface area contributed by atoms with Crippen LogP contribution < -0.4 is 20.9 Å². The molecule has 0 bridgehead atoms. The van der Waals surface area contributed by atoms with Crippen LogP contribution >= 0.6 is 0 Å². The molecule has 2 aromatic carbocycles. The predicted molar refractivity (Wildman–Crippen MR) is 161 cm³/mol. The SMILES string of the molecule is COC(=O)C[C@H](NC(=O)[C@H](C)NC(=O)[C@@H](NC(=O)C(Cc1ccc(O)cc1)N(C(=O)OC)c1ccccc1)C(C)C)C(=O)CF. The van der Waals surface area contributed by atoms with Crippen molar-refractivity contribution in [3.8, 4) is 5.75 Å². The van der Waals surface area contributed by atoms with Gasteiger partial charge < -0.3 is 30.5 Å². The summed E-state index contributed by atoms with van der Waals surface area (Å²) in [4.78, 5) is 77.7. The van der Waals surface area contributed by atoms with Crippen molar-refractivity contribution < 1.29 is 47.7 Å². The molecular formula is C31H39FN4O9. The number of aromatic hydroxyl groups is 1. The van der Waals surface area contributed by atoms with E-state index in [9.17, 15) is 38.3 Å². The lowest BCUT2D eigenvalue weighted by atomic mass is 9.99. The van der Waals surface area contributed by atoms with Crippen molar-refractivity contribution in [1.29, 1.82) is 0 Å². The highest BCUT2D eigenvalue weighted by Crippen LogP contribution is 2.22. The van der Waals surface area contributed by atoms with Crippen LogP contribution in [0.2, 0.25) is 0 Å². The van der Waals surface area contributed by atoms with Gasteiger partial charge >= 0.3 is 12.1 Å². The molecule has 0 radical (unpaired) electrons. The molecule has 14 heteroatoms. The average Bonchev–Trinajstić information content (AvgIpc) is 3.03. The number of hydrogen-bond acceptors (Lipinski definition) is 9. The van der Waals surface area contributed by atoms with Crippen LogP contribution in [0.15, 0.2) is 54.6 Å². The Morgan fingerprint density at radius 3 is 1.98 bits per heavy atom. The highest BCUT2D eigenvalue weighted by molar-refractivity contribution is 6.00. The first kappa shape index (κ1) is 36.2. The zero-order valence-electron chi connectivity index (χ0n) is 25.7. The number of nitrogens with zero attached hydrogens (tertiary/aromatic N) is 1. The number of hydrogen-bond donors (Lipinski definition) is 4. The van der Waals surface area contributed by atoms with Gasteiger partial charge in [0.25, 0.3) is 0 Å². The average molecular weight is 631 g/mol. The number of carbonyl (C=O) groups is 6. The van der Waals surface area contributed by atoms with Crippen LogP contribution in [0.1, 0.15) is 32.8 Å². The van der Waals surface area contributed by atoms with E-state index in [1.807, 2.05) is 0 Å². The number of ketones is 1. The third-order valence-corrected chi connectivity index (χ3v) is 6.82. The number of carbonyl (C=O) groups excluding carboxylic acids is 6. The van der Waals surface area contributed by atoms with Crippen molar-refractivity contribution in [2.24, 2.45) is 5.92 Å². The Hall–Kier alpha value is -5.01. The molecule has 45 heavy (non-hydrogen) atoms. The zero-order valence-corrected chi connectivity index (χ0v) is 25.7. The first-order chi connectivity index (χ1) is 21.3. The van der Waals surface area contributed by atoms with Crippen LogP contribution in [0.5, 0.6) is 5.75 Å². The van der Waals surface area contributed by atoms with Gasteiger partial charge in [0.1, 0.15) is 36.6 Å². The van der Waals surface area contributed by atoms with Gasteiger partial charge in [-0.3, -0.25) is 28.9 Å². The summed E-state index contributed by atoms with van der Waals surface area (Å²) in [6.45, 7) is 3.20. The third-order valence-electron chi connectivity index (χ3n) is 6.82. The summed E-state index contributed by atoms with van der Waals surface area (Å²) in [6, 6.07) is 9.18. The van der Waals surface area contributed by atoms with Crippen molar-refractivity contribution in [2.75, 3.05) is 25.8 Å². The number of ether oxygens (including phenoxy) is 2. The number of anilines is 1. The van der Waals surface area contributed by atoms with Crippen LogP contribution in [-0.4, -0.2) is 85.7 Å². The molecule has 1 unspecified atom stereocenters. The second-order valence-corrected chi connectivity index (χ2v) is 10.5. The van der Waals surface area contributed by atoms with Crippen LogP contribution in [0, 0.1) is 5.92 Å². The molecule has 0 saturated heterocycles. The quantitative estimate of drug-likeness (QED) is 0.214. The van der Waals surface area contributed by atoms with Gasteiger partial charge in [-0.1, -0.05) is 44.2 Å². The number of nitrogens with one attached hydrogen (secondary N) is 3. The molecule has 0 aliphatic heterocycles. The zero-order chi connectivity index (χ0) is 33.7. The number of phenols is 1. The van der Waals surface area contributed by atoms with Gasteiger partial charge in [0.2, 0.25) is 17.7 Å². The van der Waals surface area contributed by atoms with Gasteiger partial charge in [0.15, 0.2) is 5.78 Å². The molecule has 0 aliphatic carbocycles. The summed E-state index contributed by atoms with van der Waals surface area (Å²) in [6.07, 6.45) is -1.46. The van der Waals surface area contributed by atoms with Gasteiger partial charge in [-0.05, 0) is 42.7 Å². The molecule has 244 valence electrons. The van der Waals surface area contributed by atoms with Crippen molar-refractivity contribution in [3.05, 3.63) is 60.2 Å². The summed E-state index contributed by atoms with van der Waals surface area (Å²) in [5.41, 5.74) is 0.946. The highest BCUT2D eigenvalue weighted by atomic mass is 19.1. The molecule has 0 aliphatic rings. The smallest absolute Gasteiger partial charge is 0.414 e. The summed E-state index contributed by atoms with van der Waals surface area (Å²) < 4.78 is 22.5. The number of Topliss-reactive ketones (excluding diaryl/α,β-unsaturated/α-hetero) is 1. The number of phenolic OH excluding ortho intramolecular Hbond substituents is 1. The number of rotatable bonds is 15. The lowest BCUT2D eigenvalue weighted by Gasteiger charge is -2.32. The minimum atomic E-state index is -1.50. The lowest BCUT2D eigenvalue weighted by Crippen LogP contribution is -2.59. The Bertz CT molecular complexity index is 1340. The Morgan fingerprint density at radius 1 is 0.822 bits per heavy atom. The predicted octanol–water partition coefficient (Wildman–Crippen LogP) is 1.81. The fourth-order valence-electron chi connectivity index (χ4n) is 4.29. The minimum absolute atomic E-state index is 0.00742. The summed E-state index contributed by atoms with van der Waals surface area (Å²) in [5, 5.41) is 17.1. The number of benzene rings is 2. The van der Waals surface area contributed by atoms with Crippen molar-refractivity contribution in [3.63, 3.8) is 0 Å². The van der Waals surface area contributed by atoms with Crippen molar-refractivity contribution in [2.45, 2.75) is 57.8 Å². The maximum Gasteiger partial charge on any atom is 0.414 e. The van der Waals surface area contributed by atoms with Gasteiger partial charge in [0.05, 0.1) is 20.6 Å². The lowest BCUT2D eigenvalue weighted by molar-refractivity contribution is -0.143. The number of methoxy groups -OCH3 is 2. The van der Waals surface area contributed by atoms with E-state index >= 15 is 0 Å². The van der Waals surface area contributed by atoms with Crippen molar-refractivity contribution >= 4 is 41.3 Å². The largest absolute Gasteiger partial charge is 0.508 e. The molecule has 13 nitrogen and oxygen atoms in total. The maximum absolute atomic E-state index is 13.9. The molecule has 2 aromatic rings. The molecular weight excluding hydrogens is 591 g/mol. The normalized spacial score (nSPS) is 13.4. The van der Waals surface area contributed by atoms with E-state index in [0.29, 0.717) is 11.3 Å². The minimum Gasteiger partial charge on any atom is -0.508 e. The van der Waals surface area contributed by atoms with Crippen LogP contribution in [0.3, 0.4) is 0 Å². The van der Waals surface area contributed by atoms with Crippen LogP contribution in [-0.2, 0) is 39.9 Å². The molecule has 0 spiro atoms. The van der Waals surface area contributed by atoms with E-state index in [0.717, 1.165) is 12.0 Å². The standard InChI is InChI=1S/C31H39FN4O9/c1-18(2)27(30(42)33-19(3)28(40)34-23(25(38)17-32)16-26(39)44-4)35-29(41)24(15-20-11-13-22(37)14-12-20)36(31(43)45-5)21-9-7-6-8-10-21/h6-14,18-19,23-24,27,37H,15-17H2,1-5H3,(H,33,42)(H,34,40)(H,35,41)/t19-,23-,24?,27-/m0/s1. The number of para-hydroxylation sites is 1. The van der Waals surface area contributed by atoms with Gasteiger partial charge in [-0.2, -0.15) is 0 Å². The monoisotopic (exact) mass is 630 g/mol. The van der Waals surface area contributed by atoms with E-state index in [2.05, 4.69) is 20.7 Å². The summed E-state index contributed by atoms with van der Waals surface area (Å²) in [5.74, 6) is -4.73. The first-order valence-corrected chi connectivity index (χ1v) is 14.1. The molecule has 4 amide bonds. The number of amides is 4. The Balaban J connectivity index is 2.32. The fraction of sp³-hybridized carbons (Fsp3) is 0.419. The Labute approximate surface area is 260 Å². The second-order valence-electron chi connectivity index (χ2n) is 10.5. The van der Waals surface area contributed by atoms with E-state index in [1.165, 1.54) is 26.2 Å². The van der Waals surface area contributed by atoms with E-state index < -0.39 is 78.7 Å². The molecule has 4 N–H and O–H groups in total. The number of halogens is 1. The maximum atomic E-state index is 13.9.